The summed E-state index contributed by atoms with van der Waals surface area (Å²) in [5.74, 6) is -2.92. The number of ether oxygens (including phenoxy) is 1. The Morgan fingerprint density at radius 1 is 0.913 bits per heavy atom. The van der Waals surface area contributed by atoms with Gasteiger partial charge in [-0.25, -0.2) is 28.2 Å². The average molecular weight is 648 g/mol. The van der Waals surface area contributed by atoms with Crippen molar-refractivity contribution in [1.29, 1.82) is 0 Å². The van der Waals surface area contributed by atoms with Crippen LogP contribution in [0.5, 0.6) is 0 Å². The SMILES string of the molecule is CN1CCN(c2ncn(-c3ccc(Nc4ncc(F)c(-c5cc(F)cc(N6CCOCC6)c5)n4)cc3)n2)CC1.O=C(O)C(F)(F)F. The lowest BCUT2D eigenvalue weighted by atomic mass is 10.1. The Hall–Kier alpha value is -4.90. The lowest BCUT2D eigenvalue weighted by Gasteiger charge is -2.31. The van der Waals surface area contributed by atoms with Crippen molar-refractivity contribution < 1.29 is 36.6 Å². The van der Waals surface area contributed by atoms with Gasteiger partial charge in [-0.15, -0.1) is 5.10 Å². The smallest absolute Gasteiger partial charge is 0.475 e. The number of hydrogen-bond acceptors (Lipinski definition) is 10. The summed E-state index contributed by atoms with van der Waals surface area (Å²) in [5, 5.41) is 14.9. The molecule has 2 aliphatic heterocycles. The summed E-state index contributed by atoms with van der Waals surface area (Å²) in [4.78, 5) is 28.3. The van der Waals surface area contributed by atoms with Crippen molar-refractivity contribution in [2.45, 2.75) is 6.18 Å². The van der Waals surface area contributed by atoms with Crippen LogP contribution in [0.4, 0.5) is 45.2 Å². The molecule has 0 bridgehead atoms. The predicted octanol–water partition coefficient (Wildman–Crippen LogP) is 3.97. The summed E-state index contributed by atoms with van der Waals surface area (Å²) in [6.45, 7) is 6.17. The van der Waals surface area contributed by atoms with Gasteiger partial charge in [0.25, 0.3) is 0 Å². The second-order valence-electron chi connectivity index (χ2n) is 10.4. The molecule has 0 unspecified atom stereocenters. The minimum absolute atomic E-state index is 0.0252. The molecule has 2 aromatic carbocycles. The number of nitrogens with one attached hydrogen (secondary N) is 1. The fourth-order valence-electron chi connectivity index (χ4n) is 4.70. The molecule has 2 N–H and O–H groups in total. The number of alkyl halides is 3. The van der Waals surface area contributed by atoms with Gasteiger partial charge in [0.05, 0.1) is 25.1 Å². The average Bonchev–Trinajstić information content (AvgIpc) is 3.53. The fourth-order valence-corrected chi connectivity index (χ4v) is 4.70. The highest BCUT2D eigenvalue weighted by atomic mass is 19.4. The van der Waals surface area contributed by atoms with Crippen molar-refractivity contribution in [3.63, 3.8) is 0 Å². The summed E-state index contributed by atoms with van der Waals surface area (Å²) in [6.07, 6.45) is -2.29. The number of carboxylic acids is 1. The molecule has 4 heterocycles. The van der Waals surface area contributed by atoms with Gasteiger partial charge in [-0.2, -0.15) is 18.2 Å². The van der Waals surface area contributed by atoms with Gasteiger partial charge in [0.15, 0.2) is 5.82 Å². The van der Waals surface area contributed by atoms with E-state index in [0.717, 1.165) is 38.1 Å². The van der Waals surface area contributed by atoms with Crippen LogP contribution in [0.15, 0.2) is 55.0 Å². The Bertz CT molecular complexity index is 1640. The highest BCUT2D eigenvalue weighted by Gasteiger charge is 2.38. The van der Waals surface area contributed by atoms with Gasteiger partial charge in [-0.3, -0.25) is 0 Å². The van der Waals surface area contributed by atoms with Gasteiger partial charge < -0.3 is 29.9 Å². The third kappa shape index (κ3) is 8.22. The number of rotatable bonds is 6. The Morgan fingerprint density at radius 3 is 2.24 bits per heavy atom. The predicted molar refractivity (Wildman–Crippen MR) is 158 cm³/mol. The number of carbonyl (C=O) groups is 1. The van der Waals surface area contributed by atoms with E-state index in [2.05, 4.69) is 42.2 Å². The Morgan fingerprint density at radius 2 is 1.59 bits per heavy atom. The number of likely N-dealkylation sites (N-methyl/N-ethyl adjacent to an activating group) is 1. The van der Waals surface area contributed by atoms with Crippen LogP contribution in [0.2, 0.25) is 0 Å². The monoisotopic (exact) mass is 647 g/mol. The number of nitrogens with zero attached hydrogens (tertiary/aromatic N) is 8. The highest BCUT2D eigenvalue weighted by Crippen LogP contribution is 2.29. The minimum Gasteiger partial charge on any atom is -0.475 e. The molecular weight excluding hydrogens is 617 g/mol. The van der Waals surface area contributed by atoms with E-state index < -0.39 is 23.8 Å². The van der Waals surface area contributed by atoms with Crippen LogP contribution in [0.25, 0.3) is 16.9 Å². The number of benzene rings is 2. The van der Waals surface area contributed by atoms with Crippen LogP contribution in [-0.2, 0) is 9.53 Å². The zero-order valence-electron chi connectivity index (χ0n) is 24.6. The number of morpholine rings is 1. The van der Waals surface area contributed by atoms with Crippen LogP contribution < -0.4 is 15.1 Å². The zero-order valence-corrected chi connectivity index (χ0v) is 24.6. The van der Waals surface area contributed by atoms with E-state index in [-0.39, 0.29) is 11.6 Å². The van der Waals surface area contributed by atoms with Gasteiger partial charge in [0.1, 0.15) is 17.8 Å². The lowest BCUT2D eigenvalue weighted by Crippen LogP contribution is -2.45. The summed E-state index contributed by atoms with van der Waals surface area (Å²) < 4.78 is 68.1. The lowest BCUT2D eigenvalue weighted by molar-refractivity contribution is -0.192. The minimum atomic E-state index is -5.08. The second-order valence-corrected chi connectivity index (χ2v) is 10.4. The number of halogens is 5. The van der Waals surface area contributed by atoms with E-state index >= 15 is 0 Å². The molecular formula is C29H30F5N9O3. The second kappa shape index (κ2) is 14.0. The van der Waals surface area contributed by atoms with Crippen LogP contribution in [0.3, 0.4) is 0 Å². The van der Waals surface area contributed by atoms with E-state index in [1.54, 1.807) is 17.1 Å². The molecule has 4 aromatic rings. The number of aliphatic carboxylic acids is 1. The molecule has 0 spiro atoms. The van der Waals surface area contributed by atoms with Gasteiger partial charge in [-0.1, -0.05) is 0 Å². The number of aromatic nitrogens is 5. The van der Waals surface area contributed by atoms with Gasteiger partial charge in [-0.05, 0) is 49.5 Å². The highest BCUT2D eigenvalue weighted by molar-refractivity contribution is 5.73. The molecule has 244 valence electrons. The molecule has 2 fully saturated rings. The molecule has 2 saturated heterocycles. The van der Waals surface area contributed by atoms with Crippen molar-refractivity contribution >= 4 is 29.2 Å². The Labute approximate surface area is 260 Å². The molecule has 0 radical (unpaired) electrons. The van der Waals surface area contributed by atoms with Crippen LogP contribution >= 0.6 is 0 Å². The fraction of sp³-hybridized carbons (Fsp3) is 0.345. The molecule has 46 heavy (non-hydrogen) atoms. The zero-order chi connectivity index (χ0) is 32.8. The molecule has 2 aromatic heterocycles. The maximum absolute atomic E-state index is 14.8. The first-order chi connectivity index (χ1) is 22.0. The molecule has 0 aliphatic carbocycles. The van der Waals surface area contributed by atoms with Crippen molar-refractivity contribution in [2.24, 2.45) is 0 Å². The molecule has 6 rings (SSSR count). The van der Waals surface area contributed by atoms with E-state index in [1.165, 1.54) is 12.1 Å². The third-order valence-corrected chi connectivity index (χ3v) is 7.17. The van der Waals surface area contributed by atoms with Crippen molar-refractivity contribution in [1.82, 2.24) is 29.6 Å². The standard InChI is InChI=1S/C27H29F2N9O.C2HF3O2/c1-35-6-8-37(9-7-35)27-31-18-38(34-27)22-4-2-21(3-5-22)32-26-30-17-24(29)25(33-26)19-14-20(28)16-23(15-19)36-10-12-39-13-11-36;3-2(4,5)1(6)7/h2-5,14-18H,6-13H2,1H3,(H,30,32,33);(H,6,7). The maximum atomic E-state index is 14.8. The Kier molecular flexibility index (Phi) is 9.91. The maximum Gasteiger partial charge on any atom is 0.490 e. The molecule has 17 heteroatoms. The van der Waals surface area contributed by atoms with Crippen molar-refractivity contribution in [3.8, 4) is 16.9 Å². The van der Waals surface area contributed by atoms with E-state index in [0.29, 0.717) is 49.2 Å². The summed E-state index contributed by atoms with van der Waals surface area (Å²) >= 11 is 0. The summed E-state index contributed by atoms with van der Waals surface area (Å²) in [5.41, 5.74) is 2.60. The molecule has 12 nitrogen and oxygen atoms in total. The first kappa shape index (κ1) is 32.5. The first-order valence-electron chi connectivity index (χ1n) is 14.2. The van der Waals surface area contributed by atoms with Crippen LogP contribution in [-0.4, -0.2) is 106 Å². The van der Waals surface area contributed by atoms with Crippen molar-refractivity contribution in [3.05, 3.63) is 66.6 Å². The number of carboxylic acid groups (broad SMARTS) is 1. The normalized spacial score (nSPS) is 15.7. The molecule has 0 amide bonds. The summed E-state index contributed by atoms with van der Waals surface area (Å²) in [7, 11) is 2.11. The summed E-state index contributed by atoms with van der Waals surface area (Å²) in [6, 6.07) is 12.0. The van der Waals surface area contributed by atoms with Crippen LogP contribution in [0.1, 0.15) is 0 Å². The first-order valence-corrected chi connectivity index (χ1v) is 14.2. The number of piperazine rings is 1. The molecule has 0 atom stereocenters. The number of anilines is 4. The molecule has 2 aliphatic rings. The van der Waals surface area contributed by atoms with E-state index in [9.17, 15) is 22.0 Å². The van der Waals surface area contributed by atoms with E-state index in [1.807, 2.05) is 29.2 Å². The number of hydrogen-bond donors (Lipinski definition) is 2. The third-order valence-electron chi connectivity index (χ3n) is 7.17. The van der Waals surface area contributed by atoms with Crippen LogP contribution in [0, 0.1) is 11.6 Å². The largest absolute Gasteiger partial charge is 0.490 e. The topological polar surface area (TPSA) is 125 Å². The quantitative estimate of drug-likeness (QED) is 0.296. The van der Waals surface area contributed by atoms with Gasteiger partial charge >= 0.3 is 12.1 Å². The van der Waals surface area contributed by atoms with Gasteiger partial charge in [0.2, 0.25) is 11.9 Å². The molecule has 0 saturated carbocycles. The van der Waals surface area contributed by atoms with Gasteiger partial charge in [0, 0.05) is 56.2 Å². The van der Waals surface area contributed by atoms with E-state index in [4.69, 9.17) is 14.6 Å². The Balaban J connectivity index is 0.000000537. The van der Waals surface area contributed by atoms with Crippen molar-refractivity contribution in [2.75, 3.05) is 74.6 Å².